The zero-order chi connectivity index (χ0) is 23.7. The van der Waals surface area contributed by atoms with E-state index in [1.807, 2.05) is 60.7 Å². The largest absolute Gasteiger partial charge is 0.452 e. The van der Waals surface area contributed by atoms with Gasteiger partial charge in [-0.25, -0.2) is 13.2 Å². The first-order valence-electron chi connectivity index (χ1n) is 10.6. The van der Waals surface area contributed by atoms with Crippen LogP contribution in [0.2, 0.25) is 0 Å². The Morgan fingerprint density at radius 1 is 0.788 bits per heavy atom. The predicted molar refractivity (Wildman–Crippen MR) is 127 cm³/mol. The van der Waals surface area contributed by atoms with Crippen LogP contribution in [-0.4, -0.2) is 44.6 Å². The fourth-order valence-corrected chi connectivity index (χ4v) is 4.14. The van der Waals surface area contributed by atoms with Crippen molar-refractivity contribution in [1.29, 1.82) is 0 Å². The van der Waals surface area contributed by atoms with Crippen molar-refractivity contribution >= 4 is 21.7 Å². The van der Waals surface area contributed by atoms with Crippen molar-refractivity contribution in [3.8, 4) is 0 Å². The monoisotopic (exact) mass is 465 g/mol. The predicted octanol–water partition coefficient (Wildman–Crippen LogP) is 3.66. The molecule has 0 heterocycles. The second-order valence-corrected chi connectivity index (χ2v) is 10.0. The molecule has 0 aliphatic heterocycles. The number of amides is 1. The highest BCUT2D eigenvalue weighted by molar-refractivity contribution is 7.89. The number of ether oxygens (including phenoxy) is 1. The summed E-state index contributed by atoms with van der Waals surface area (Å²) in [6.07, 6.45) is 1.84. The van der Waals surface area contributed by atoms with Gasteiger partial charge >= 0.3 is 5.97 Å². The zero-order valence-electron chi connectivity index (χ0n) is 18.5. The Bertz CT molecular complexity index is 1160. The third kappa shape index (κ3) is 8.20. The summed E-state index contributed by atoms with van der Waals surface area (Å²) in [5, 5.41) is 0. The summed E-state index contributed by atoms with van der Waals surface area (Å²) in [5.41, 5.74) is 2.96. The van der Waals surface area contributed by atoms with Crippen molar-refractivity contribution in [1.82, 2.24) is 4.90 Å². The lowest BCUT2D eigenvalue weighted by atomic mass is 10.1. The van der Waals surface area contributed by atoms with Gasteiger partial charge in [0.2, 0.25) is 0 Å². The van der Waals surface area contributed by atoms with E-state index in [4.69, 9.17) is 4.74 Å². The van der Waals surface area contributed by atoms with Gasteiger partial charge in [0, 0.05) is 19.3 Å². The van der Waals surface area contributed by atoms with Gasteiger partial charge in [0.15, 0.2) is 16.4 Å². The van der Waals surface area contributed by atoms with E-state index >= 15 is 0 Å². The van der Waals surface area contributed by atoms with E-state index in [1.54, 1.807) is 17.0 Å². The Morgan fingerprint density at radius 2 is 1.36 bits per heavy atom. The molecule has 0 atom stereocenters. The van der Waals surface area contributed by atoms with Crippen LogP contribution in [0.25, 0.3) is 0 Å². The third-order valence-electron chi connectivity index (χ3n) is 5.03. The number of sulfone groups is 1. The average molecular weight is 466 g/mol. The minimum absolute atomic E-state index is 0.101. The maximum Gasteiger partial charge on any atom is 0.338 e. The summed E-state index contributed by atoms with van der Waals surface area (Å²) in [7, 11) is -3.16. The summed E-state index contributed by atoms with van der Waals surface area (Å²) in [5.74, 6) is -1.01. The molecule has 0 unspecified atom stereocenters. The number of carbonyl (C=O) groups excluding carboxylic acids is 2. The van der Waals surface area contributed by atoms with Crippen LogP contribution < -0.4 is 0 Å². The SMILES string of the molecule is CS(=O)(=O)Cc1ccc(C(=O)OCC(=O)N(CCc2ccccc2)Cc2ccccc2)cc1. The topological polar surface area (TPSA) is 80.7 Å². The highest BCUT2D eigenvalue weighted by atomic mass is 32.2. The smallest absolute Gasteiger partial charge is 0.338 e. The molecule has 6 nitrogen and oxygen atoms in total. The van der Waals surface area contributed by atoms with Crippen LogP contribution in [0.5, 0.6) is 0 Å². The maximum absolute atomic E-state index is 12.9. The van der Waals surface area contributed by atoms with Crippen LogP contribution in [0.15, 0.2) is 84.9 Å². The van der Waals surface area contributed by atoms with Gasteiger partial charge in [-0.3, -0.25) is 4.79 Å². The highest BCUT2D eigenvalue weighted by Crippen LogP contribution is 2.11. The minimum Gasteiger partial charge on any atom is -0.452 e. The Kier molecular flexibility index (Phi) is 8.38. The molecule has 172 valence electrons. The number of rotatable bonds is 10. The Labute approximate surface area is 194 Å². The zero-order valence-corrected chi connectivity index (χ0v) is 19.3. The Balaban J connectivity index is 1.61. The summed E-state index contributed by atoms with van der Waals surface area (Å²) in [6.45, 7) is 0.547. The average Bonchev–Trinajstić information content (AvgIpc) is 2.80. The van der Waals surface area contributed by atoms with E-state index in [0.717, 1.165) is 17.4 Å². The van der Waals surface area contributed by atoms with Crippen LogP contribution in [-0.2, 0) is 38.1 Å². The molecule has 0 saturated carbocycles. The molecule has 3 aromatic rings. The molecule has 33 heavy (non-hydrogen) atoms. The molecule has 0 saturated heterocycles. The number of carbonyl (C=O) groups is 2. The summed E-state index contributed by atoms with van der Waals surface area (Å²) >= 11 is 0. The first kappa shape index (κ1) is 24.2. The second kappa shape index (κ2) is 11.4. The van der Waals surface area contributed by atoms with Crippen LogP contribution in [0.4, 0.5) is 0 Å². The molecule has 0 bridgehead atoms. The normalized spacial score (nSPS) is 11.1. The van der Waals surface area contributed by atoms with Gasteiger partial charge < -0.3 is 9.64 Å². The van der Waals surface area contributed by atoms with Gasteiger partial charge in [0.1, 0.15) is 0 Å². The maximum atomic E-state index is 12.9. The molecule has 0 aliphatic carbocycles. The minimum atomic E-state index is -3.16. The van der Waals surface area contributed by atoms with Crippen LogP contribution >= 0.6 is 0 Å². The number of hydrogen-bond acceptors (Lipinski definition) is 5. The van der Waals surface area contributed by atoms with E-state index in [1.165, 1.54) is 12.1 Å². The number of esters is 1. The second-order valence-electron chi connectivity index (χ2n) is 7.88. The van der Waals surface area contributed by atoms with E-state index in [9.17, 15) is 18.0 Å². The van der Waals surface area contributed by atoms with Crippen molar-refractivity contribution in [3.05, 3.63) is 107 Å². The van der Waals surface area contributed by atoms with Crippen LogP contribution in [0.1, 0.15) is 27.0 Å². The van der Waals surface area contributed by atoms with Gasteiger partial charge in [-0.15, -0.1) is 0 Å². The molecule has 0 aliphatic rings. The third-order valence-corrected chi connectivity index (χ3v) is 5.89. The first-order valence-corrected chi connectivity index (χ1v) is 12.7. The summed E-state index contributed by atoms with van der Waals surface area (Å²) in [6, 6.07) is 25.7. The molecular weight excluding hydrogens is 438 g/mol. The van der Waals surface area contributed by atoms with Crippen molar-refractivity contribution in [2.75, 3.05) is 19.4 Å². The van der Waals surface area contributed by atoms with E-state index in [-0.39, 0.29) is 23.8 Å². The molecule has 0 radical (unpaired) electrons. The van der Waals surface area contributed by atoms with Gasteiger partial charge in [0.05, 0.1) is 11.3 Å². The van der Waals surface area contributed by atoms with E-state index in [0.29, 0.717) is 25.1 Å². The van der Waals surface area contributed by atoms with E-state index < -0.39 is 15.8 Å². The lowest BCUT2D eigenvalue weighted by Crippen LogP contribution is -2.35. The van der Waals surface area contributed by atoms with Crippen molar-refractivity contribution in [3.63, 3.8) is 0 Å². The lowest BCUT2D eigenvalue weighted by Gasteiger charge is -2.23. The number of benzene rings is 3. The van der Waals surface area contributed by atoms with Gasteiger partial charge in [-0.1, -0.05) is 72.8 Å². The molecular formula is C26H27NO5S. The summed E-state index contributed by atoms with van der Waals surface area (Å²) in [4.78, 5) is 27.0. The molecule has 3 rings (SSSR count). The Morgan fingerprint density at radius 3 is 1.94 bits per heavy atom. The molecule has 0 spiro atoms. The molecule has 1 amide bonds. The quantitative estimate of drug-likeness (QED) is 0.427. The molecule has 0 fully saturated rings. The van der Waals surface area contributed by atoms with Gasteiger partial charge in [-0.05, 0) is 35.2 Å². The lowest BCUT2D eigenvalue weighted by molar-refractivity contribution is -0.135. The standard InChI is InChI=1S/C26H27NO5S/c1-33(30,31)20-23-12-14-24(15-13-23)26(29)32-19-25(28)27(18-22-10-6-3-7-11-22)17-16-21-8-4-2-5-9-21/h2-15H,16-20H2,1H3. The van der Waals surface area contributed by atoms with Gasteiger partial charge in [-0.2, -0.15) is 0 Å². The number of hydrogen-bond donors (Lipinski definition) is 0. The first-order chi connectivity index (χ1) is 15.8. The highest BCUT2D eigenvalue weighted by Gasteiger charge is 2.17. The fraction of sp³-hybridized carbons (Fsp3) is 0.231. The van der Waals surface area contributed by atoms with Crippen molar-refractivity contribution < 1.29 is 22.7 Å². The van der Waals surface area contributed by atoms with Crippen molar-refractivity contribution in [2.45, 2.75) is 18.7 Å². The van der Waals surface area contributed by atoms with Crippen LogP contribution in [0.3, 0.4) is 0 Å². The Hall–Kier alpha value is -3.45. The molecule has 3 aromatic carbocycles. The van der Waals surface area contributed by atoms with Crippen LogP contribution in [0, 0.1) is 0 Å². The van der Waals surface area contributed by atoms with E-state index in [2.05, 4.69) is 0 Å². The van der Waals surface area contributed by atoms with Crippen molar-refractivity contribution in [2.24, 2.45) is 0 Å². The fourth-order valence-electron chi connectivity index (χ4n) is 3.35. The molecule has 0 aromatic heterocycles. The molecule has 0 N–H and O–H groups in total. The number of nitrogens with zero attached hydrogens (tertiary/aromatic N) is 1. The molecule has 7 heteroatoms. The summed E-state index contributed by atoms with van der Waals surface area (Å²) < 4.78 is 28.1. The van der Waals surface area contributed by atoms with Gasteiger partial charge in [0.25, 0.3) is 5.91 Å².